The van der Waals surface area contributed by atoms with E-state index in [1.54, 1.807) is 0 Å². The molecule has 0 aromatic carbocycles. The Labute approximate surface area is 146 Å². The van der Waals surface area contributed by atoms with Crippen LogP contribution in [0.3, 0.4) is 0 Å². The van der Waals surface area contributed by atoms with Crippen molar-refractivity contribution in [3.05, 3.63) is 0 Å². The minimum absolute atomic E-state index is 0.121. The van der Waals surface area contributed by atoms with Crippen LogP contribution in [-0.4, -0.2) is 42.5 Å². The highest BCUT2D eigenvalue weighted by Crippen LogP contribution is 2.57. The molecule has 3 aliphatic carbocycles. The van der Waals surface area contributed by atoms with Gasteiger partial charge in [0.15, 0.2) is 0 Å². The molecule has 5 nitrogen and oxygen atoms in total. The summed E-state index contributed by atoms with van der Waals surface area (Å²) in [5, 5.41) is 6.90. The van der Waals surface area contributed by atoms with E-state index in [-0.39, 0.29) is 11.6 Å². The number of carbonyl (C=O) groups excluding carboxylic acids is 1. The number of amides is 1. The molecule has 3 fully saturated rings. The topological polar surface area (TPSA) is 59.6 Å². The standard InChI is InChI=1S/C19H34N2O3/c1-5-23-15-12-14(19(15)10-7-11-19)20-13-18(8-6-9-18)21-16(22)24-17(2,3)4/h14-15,20H,5-13H2,1-4H3,(H,21,22). The third-order valence-corrected chi connectivity index (χ3v) is 6.20. The van der Waals surface area contributed by atoms with E-state index in [2.05, 4.69) is 17.6 Å². The van der Waals surface area contributed by atoms with E-state index in [4.69, 9.17) is 9.47 Å². The predicted molar refractivity (Wildman–Crippen MR) is 94.1 cm³/mol. The van der Waals surface area contributed by atoms with Crippen molar-refractivity contribution in [3.8, 4) is 0 Å². The number of ether oxygens (including phenoxy) is 2. The quantitative estimate of drug-likeness (QED) is 0.779. The Morgan fingerprint density at radius 3 is 2.29 bits per heavy atom. The van der Waals surface area contributed by atoms with Crippen molar-refractivity contribution in [2.75, 3.05) is 13.2 Å². The molecule has 1 spiro atoms. The zero-order valence-corrected chi connectivity index (χ0v) is 15.7. The Bertz CT molecular complexity index is 464. The molecule has 3 rings (SSSR count). The van der Waals surface area contributed by atoms with Gasteiger partial charge < -0.3 is 20.1 Å². The fourth-order valence-corrected chi connectivity index (χ4v) is 4.51. The van der Waals surface area contributed by atoms with Gasteiger partial charge >= 0.3 is 6.09 Å². The number of rotatable bonds is 6. The number of hydrogen-bond donors (Lipinski definition) is 2. The van der Waals surface area contributed by atoms with Crippen LogP contribution >= 0.6 is 0 Å². The molecule has 0 heterocycles. The van der Waals surface area contributed by atoms with Crippen LogP contribution in [0.2, 0.25) is 0 Å². The Morgan fingerprint density at radius 1 is 1.17 bits per heavy atom. The highest BCUT2D eigenvalue weighted by atomic mass is 16.6. The second-order valence-electron chi connectivity index (χ2n) is 8.96. The van der Waals surface area contributed by atoms with Crippen molar-refractivity contribution in [2.45, 2.75) is 95.9 Å². The van der Waals surface area contributed by atoms with Crippen molar-refractivity contribution < 1.29 is 14.3 Å². The molecule has 5 heteroatoms. The molecule has 3 aliphatic rings. The molecular weight excluding hydrogens is 304 g/mol. The van der Waals surface area contributed by atoms with Gasteiger partial charge in [0.25, 0.3) is 0 Å². The first-order valence-electron chi connectivity index (χ1n) is 9.65. The normalized spacial score (nSPS) is 30.0. The second kappa shape index (κ2) is 6.49. The third-order valence-electron chi connectivity index (χ3n) is 6.20. The molecule has 0 aromatic heterocycles. The van der Waals surface area contributed by atoms with Gasteiger partial charge in [-0.2, -0.15) is 0 Å². The van der Waals surface area contributed by atoms with Crippen LogP contribution < -0.4 is 10.6 Å². The van der Waals surface area contributed by atoms with Crippen LogP contribution in [0.1, 0.15) is 72.6 Å². The molecule has 0 aromatic rings. The molecule has 0 saturated heterocycles. The van der Waals surface area contributed by atoms with Gasteiger partial charge in [0.05, 0.1) is 11.6 Å². The van der Waals surface area contributed by atoms with Crippen molar-refractivity contribution in [2.24, 2.45) is 5.41 Å². The van der Waals surface area contributed by atoms with Crippen molar-refractivity contribution in [1.82, 2.24) is 10.6 Å². The number of nitrogens with one attached hydrogen (secondary N) is 2. The summed E-state index contributed by atoms with van der Waals surface area (Å²) >= 11 is 0. The minimum Gasteiger partial charge on any atom is -0.444 e. The van der Waals surface area contributed by atoms with Gasteiger partial charge in [-0.3, -0.25) is 0 Å². The van der Waals surface area contributed by atoms with Crippen LogP contribution in [-0.2, 0) is 9.47 Å². The summed E-state index contributed by atoms with van der Waals surface area (Å²) in [6.07, 6.45) is 8.38. The smallest absolute Gasteiger partial charge is 0.408 e. The largest absolute Gasteiger partial charge is 0.444 e. The Kier molecular flexibility index (Phi) is 4.86. The van der Waals surface area contributed by atoms with Crippen molar-refractivity contribution in [1.29, 1.82) is 0 Å². The molecule has 138 valence electrons. The maximum Gasteiger partial charge on any atom is 0.408 e. The molecule has 2 N–H and O–H groups in total. The monoisotopic (exact) mass is 338 g/mol. The summed E-state index contributed by atoms with van der Waals surface area (Å²) < 4.78 is 11.4. The summed E-state index contributed by atoms with van der Waals surface area (Å²) in [4.78, 5) is 12.1. The van der Waals surface area contributed by atoms with E-state index in [9.17, 15) is 4.79 Å². The summed E-state index contributed by atoms with van der Waals surface area (Å²) in [6, 6.07) is 0.542. The fourth-order valence-electron chi connectivity index (χ4n) is 4.51. The Morgan fingerprint density at radius 2 is 1.83 bits per heavy atom. The van der Waals surface area contributed by atoms with Crippen LogP contribution in [0, 0.1) is 5.41 Å². The maximum atomic E-state index is 12.1. The van der Waals surface area contributed by atoms with Crippen molar-refractivity contribution >= 4 is 6.09 Å². The van der Waals surface area contributed by atoms with Crippen LogP contribution in [0.5, 0.6) is 0 Å². The summed E-state index contributed by atoms with van der Waals surface area (Å²) in [6.45, 7) is 9.45. The first-order valence-corrected chi connectivity index (χ1v) is 9.65. The number of alkyl carbamates (subject to hydrolysis) is 1. The van der Waals surface area contributed by atoms with E-state index >= 15 is 0 Å². The minimum atomic E-state index is -0.447. The first kappa shape index (κ1) is 18.0. The highest BCUT2D eigenvalue weighted by molar-refractivity contribution is 5.69. The SMILES string of the molecule is CCOC1CC(NCC2(NC(=O)OC(C)(C)C)CCC2)C12CCC2. The van der Waals surface area contributed by atoms with Crippen LogP contribution in [0.15, 0.2) is 0 Å². The lowest BCUT2D eigenvalue weighted by atomic mass is 9.51. The molecular formula is C19H34N2O3. The second-order valence-corrected chi connectivity index (χ2v) is 8.96. The predicted octanol–water partition coefficient (Wildman–Crippen LogP) is 3.37. The summed E-state index contributed by atoms with van der Waals surface area (Å²) in [5.74, 6) is 0. The van der Waals surface area contributed by atoms with Gasteiger partial charge in [-0.05, 0) is 66.2 Å². The van der Waals surface area contributed by atoms with E-state index in [0.29, 0.717) is 17.6 Å². The molecule has 0 radical (unpaired) electrons. The average Bonchev–Trinajstić information content (AvgIpc) is 2.34. The first-order chi connectivity index (χ1) is 11.3. The van der Waals surface area contributed by atoms with Gasteiger partial charge in [0.1, 0.15) is 5.60 Å². The highest BCUT2D eigenvalue weighted by Gasteiger charge is 2.59. The molecule has 1 amide bonds. The summed E-state index contributed by atoms with van der Waals surface area (Å²) in [7, 11) is 0. The Hall–Kier alpha value is -0.810. The van der Waals surface area contributed by atoms with Crippen LogP contribution in [0.4, 0.5) is 4.79 Å². The van der Waals surface area contributed by atoms with E-state index < -0.39 is 5.60 Å². The average molecular weight is 338 g/mol. The Balaban J connectivity index is 1.50. The lowest BCUT2D eigenvalue weighted by Crippen LogP contribution is -2.70. The van der Waals surface area contributed by atoms with Gasteiger partial charge in [-0.15, -0.1) is 0 Å². The van der Waals surface area contributed by atoms with E-state index in [0.717, 1.165) is 32.4 Å². The van der Waals surface area contributed by atoms with Gasteiger partial charge in [-0.25, -0.2) is 4.79 Å². The van der Waals surface area contributed by atoms with Gasteiger partial charge in [-0.1, -0.05) is 6.42 Å². The van der Waals surface area contributed by atoms with E-state index in [1.807, 2.05) is 20.8 Å². The molecule has 24 heavy (non-hydrogen) atoms. The third kappa shape index (κ3) is 3.43. The van der Waals surface area contributed by atoms with Crippen molar-refractivity contribution in [3.63, 3.8) is 0 Å². The zero-order valence-electron chi connectivity index (χ0n) is 15.7. The molecule has 2 unspecified atom stereocenters. The van der Waals surface area contributed by atoms with E-state index in [1.165, 1.54) is 25.7 Å². The number of carbonyl (C=O) groups is 1. The number of hydrogen-bond acceptors (Lipinski definition) is 4. The molecule has 0 bridgehead atoms. The fraction of sp³-hybridized carbons (Fsp3) is 0.947. The molecule has 0 aliphatic heterocycles. The summed E-state index contributed by atoms with van der Waals surface area (Å²) in [5.41, 5.74) is -0.200. The molecule has 3 saturated carbocycles. The maximum absolute atomic E-state index is 12.1. The lowest BCUT2D eigenvalue weighted by Gasteiger charge is -2.62. The lowest BCUT2D eigenvalue weighted by molar-refractivity contribution is -0.173. The van der Waals surface area contributed by atoms with Gasteiger partial charge in [0, 0.05) is 24.6 Å². The zero-order chi connectivity index (χ0) is 17.4. The van der Waals surface area contributed by atoms with Crippen LogP contribution in [0.25, 0.3) is 0 Å². The molecule has 2 atom stereocenters. The van der Waals surface area contributed by atoms with Gasteiger partial charge in [0.2, 0.25) is 0 Å².